The molecule has 0 aliphatic heterocycles. The van der Waals surface area contributed by atoms with E-state index < -0.39 is 26.6 Å². The predicted molar refractivity (Wildman–Crippen MR) is 110 cm³/mol. The van der Waals surface area contributed by atoms with Gasteiger partial charge in [0.05, 0.1) is 0 Å². The van der Waals surface area contributed by atoms with Crippen molar-refractivity contribution in [3.05, 3.63) is 89.5 Å². The molecule has 152 valence electrons. The highest BCUT2D eigenvalue weighted by molar-refractivity contribution is 7.89. The molecule has 1 N–H and O–H groups in total. The van der Waals surface area contributed by atoms with Crippen LogP contribution < -0.4 is 4.72 Å². The van der Waals surface area contributed by atoms with Crippen molar-refractivity contribution >= 4 is 10.0 Å². The van der Waals surface area contributed by atoms with Crippen LogP contribution in [-0.2, 0) is 23.1 Å². The van der Waals surface area contributed by atoms with Crippen molar-refractivity contribution in [1.29, 1.82) is 0 Å². The summed E-state index contributed by atoms with van der Waals surface area (Å²) < 4.78 is 55.0. The molecule has 0 bridgehead atoms. The van der Waals surface area contributed by atoms with E-state index in [1.165, 1.54) is 0 Å². The van der Waals surface area contributed by atoms with E-state index in [1.807, 2.05) is 50.5 Å². The molecule has 3 aromatic carbocycles. The van der Waals surface area contributed by atoms with Crippen LogP contribution in [0.15, 0.2) is 71.6 Å². The lowest BCUT2D eigenvalue weighted by Gasteiger charge is -2.13. The van der Waals surface area contributed by atoms with E-state index in [0.717, 1.165) is 41.4 Å². The van der Waals surface area contributed by atoms with Crippen LogP contribution in [0.3, 0.4) is 0 Å². The van der Waals surface area contributed by atoms with Crippen LogP contribution in [0.25, 0.3) is 11.1 Å². The van der Waals surface area contributed by atoms with Crippen molar-refractivity contribution in [2.45, 2.75) is 18.0 Å². The summed E-state index contributed by atoms with van der Waals surface area (Å²) in [7, 11) is -0.357. The lowest BCUT2D eigenvalue weighted by molar-refractivity contribution is 0.402. The second-order valence-corrected chi connectivity index (χ2v) is 8.67. The molecule has 0 fully saturated rings. The maximum Gasteiger partial charge on any atom is 0.246 e. The van der Waals surface area contributed by atoms with Gasteiger partial charge >= 0.3 is 0 Å². The molecule has 0 aliphatic carbocycles. The fourth-order valence-electron chi connectivity index (χ4n) is 3.10. The molecule has 0 aromatic heterocycles. The lowest BCUT2D eigenvalue weighted by Crippen LogP contribution is -2.25. The normalized spacial score (nSPS) is 11.8. The van der Waals surface area contributed by atoms with Gasteiger partial charge in [-0.2, -0.15) is 0 Å². The molecule has 0 saturated heterocycles. The molecular weight excluding hydrogens is 394 g/mol. The third-order valence-electron chi connectivity index (χ3n) is 4.42. The highest BCUT2D eigenvalue weighted by Gasteiger charge is 2.23. The van der Waals surface area contributed by atoms with Crippen molar-refractivity contribution < 1.29 is 17.2 Å². The first-order valence-electron chi connectivity index (χ1n) is 9.03. The van der Waals surface area contributed by atoms with Gasteiger partial charge in [-0.15, -0.1) is 0 Å². The van der Waals surface area contributed by atoms with E-state index >= 15 is 0 Å². The third kappa shape index (κ3) is 5.06. The van der Waals surface area contributed by atoms with E-state index in [9.17, 15) is 17.2 Å². The number of benzene rings is 3. The summed E-state index contributed by atoms with van der Waals surface area (Å²) in [5.41, 5.74) is 3.64. The SMILES string of the molecule is CN(C)Cc1ccc(-c2ccccc2CNS(=O)(=O)c2c(F)cccc2F)cc1. The van der Waals surface area contributed by atoms with Gasteiger partial charge in [0.15, 0.2) is 4.90 Å². The van der Waals surface area contributed by atoms with Crippen LogP contribution in [-0.4, -0.2) is 27.4 Å². The molecule has 0 spiro atoms. The molecule has 3 rings (SSSR count). The maximum absolute atomic E-state index is 13.9. The molecule has 0 amide bonds. The number of nitrogens with zero attached hydrogens (tertiary/aromatic N) is 1. The summed E-state index contributed by atoms with van der Waals surface area (Å²) in [6.07, 6.45) is 0. The standard InChI is InChI=1S/C22H22F2N2O2S/c1-26(2)15-16-10-12-17(13-11-16)19-7-4-3-6-18(19)14-25-29(27,28)22-20(23)8-5-9-21(22)24/h3-13,25H,14-15H2,1-2H3. The third-order valence-corrected chi connectivity index (χ3v) is 5.87. The Morgan fingerprint density at radius 1 is 0.862 bits per heavy atom. The van der Waals surface area contributed by atoms with Crippen LogP contribution in [0.4, 0.5) is 8.78 Å². The minimum absolute atomic E-state index is 0.0915. The number of halogens is 2. The van der Waals surface area contributed by atoms with Gasteiger partial charge in [-0.25, -0.2) is 21.9 Å². The predicted octanol–water partition coefficient (Wildman–Crippen LogP) is 4.17. The second kappa shape index (κ2) is 8.82. The Balaban J connectivity index is 1.85. The Labute approximate surface area is 169 Å². The molecule has 3 aromatic rings. The lowest BCUT2D eigenvalue weighted by atomic mass is 9.99. The smallest absolute Gasteiger partial charge is 0.246 e. The zero-order valence-corrected chi connectivity index (χ0v) is 17.0. The first-order valence-corrected chi connectivity index (χ1v) is 10.5. The van der Waals surface area contributed by atoms with Gasteiger partial charge in [0, 0.05) is 13.1 Å². The van der Waals surface area contributed by atoms with Gasteiger partial charge in [-0.1, -0.05) is 54.6 Å². The molecular formula is C22H22F2N2O2S. The van der Waals surface area contributed by atoms with Crippen molar-refractivity contribution in [2.24, 2.45) is 0 Å². The van der Waals surface area contributed by atoms with E-state index in [2.05, 4.69) is 9.62 Å². The molecule has 0 radical (unpaired) electrons. The summed E-state index contributed by atoms with van der Waals surface area (Å²) in [5.74, 6) is -2.25. The Morgan fingerprint density at radius 3 is 2.10 bits per heavy atom. The second-order valence-electron chi connectivity index (χ2n) is 6.97. The monoisotopic (exact) mass is 416 g/mol. The van der Waals surface area contributed by atoms with Gasteiger partial charge in [0.25, 0.3) is 0 Å². The van der Waals surface area contributed by atoms with Crippen LogP contribution in [0.1, 0.15) is 11.1 Å². The van der Waals surface area contributed by atoms with Crippen LogP contribution >= 0.6 is 0 Å². The minimum atomic E-state index is -4.34. The summed E-state index contributed by atoms with van der Waals surface area (Å²) in [5, 5.41) is 0. The largest absolute Gasteiger partial charge is 0.305 e. The summed E-state index contributed by atoms with van der Waals surface area (Å²) in [6, 6.07) is 18.3. The van der Waals surface area contributed by atoms with Crippen LogP contribution in [0.5, 0.6) is 0 Å². The quantitative estimate of drug-likeness (QED) is 0.629. The van der Waals surface area contributed by atoms with E-state index in [0.29, 0.717) is 5.56 Å². The van der Waals surface area contributed by atoms with Crippen molar-refractivity contribution in [3.63, 3.8) is 0 Å². The Kier molecular flexibility index (Phi) is 6.42. The zero-order valence-electron chi connectivity index (χ0n) is 16.2. The summed E-state index contributed by atoms with van der Waals surface area (Å²) >= 11 is 0. The maximum atomic E-state index is 13.9. The Morgan fingerprint density at radius 2 is 1.48 bits per heavy atom. The van der Waals surface area contributed by atoms with Gasteiger partial charge < -0.3 is 4.90 Å². The van der Waals surface area contributed by atoms with Crippen LogP contribution in [0.2, 0.25) is 0 Å². The molecule has 4 nitrogen and oxygen atoms in total. The number of hydrogen-bond acceptors (Lipinski definition) is 3. The average molecular weight is 416 g/mol. The van der Waals surface area contributed by atoms with Crippen LogP contribution in [0, 0.1) is 11.6 Å². The summed E-state index contributed by atoms with van der Waals surface area (Å²) in [4.78, 5) is 1.10. The molecule has 0 atom stereocenters. The zero-order chi connectivity index (χ0) is 21.0. The highest BCUT2D eigenvalue weighted by atomic mass is 32.2. The van der Waals surface area contributed by atoms with Gasteiger partial charge in [0.1, 0.15) is 11.6 Å². The number of hydrogen-bond donors (Lipinski definition) is 1. The molecule has 0 aliphatic rings. The summed E-state index contributed by atoms with van der Waals surface area (Å²) in [6.45, 7) is 0.724. The number of nitrogens with one attached hydrogen (secondary N) is 1. The van der Waals surface area contributed by atoms with E-state index in [1.54, 1.807) is 12.1 Å². The highest BCUT2D eigenvalue weighted by Crippen LogP contribution is 2.25. The average Bonchev–Trinajstić information content (AvgIpc) is 2.67. The fraction of sp³-hybridized carbons (Fsp3) is 0.182. The topological polar surface area (TPSA) is 49.4 Å². The Hall–Kier alpha value is -2.61. The van der Waals surface area contributed by atoms with Gasteiger partial charge in [0.2, 0.25) is 10.0 Å². The first kappa shape index (κ1) is 21.1. The van der Waals surface area contributed by atoms with Crippen molar-refractivity contribution in [2.75, 3.05) is 14.1 Å². The first-order chi connectivity index (χ1) is 13.8. The molecule has 7 heteroatoms. The molecule has 29 heavy (non-hydrogen) atoms. The van der Waals surface area contributed by atoms with Gasteiger partial charge in [-0.3, -0.25) is 0 Å². The molecule has 0 unspecified atom stereocenters. The van der Waals surface area contributed by atoms with Gasteiger partial charge in [-0.05, 0) is 48.5 Å². The number of sulfonamides is 1. The number of rotatable bonds is 7. The van der Waals surface area contributed by atoms with Crippen molar-refractivity contribution in [1.82, 2.24) is 9.62 Å². The Bertz CT molecular complexity index is 1080. The fourth-order valence-corrected chi connectivity index (χ4v) is 4.23. The van der Waals surface area contributed by atoms with Crippen molar-refractivity contribution in [3.8, 4) is 11.1 Å². The van der Waals surface area contributed by atoms with E-state index in [-0.39, 0.29) is 6.54 Å². The van der Waals surface area contributed by atoms with E-state index in [4.69, 9.17) is 0 Å². The minimum Gasteiger partial charge on any atom is -0.305 e. The molecule has 0 heterocycles. The molecule has 0 saturated carbocycles.